The lowest BCUT2D eigenvalue weighted by molar-refractivity contribution is -0.116. The molecule has 1 aliphatic heterocycles. The molecule has 2 aromatic rings. The third-order valence-electron chi connectivity index (χ3n) is 5.93. The lowest BCUT2D eigenvalue weighted by atomic mass is 9.75. The zero-order valence-corrected chi connectivity index (χ0v) is 17.9. The average molecular weight is 406 g/mol. The number of pyridine rings is 1. The molecule has 7 heteroatoms. The van der Waals surface area contributed by atoms with Crippen LogP contribution < -0.4 is 10.6 Å². The van der Waals surface area contributed by atoms with E-state index in [9.17, 15) is 9.59 Å². The van der Waals surface area contributed by atoms with Crippen molar-refractivity contribution in [1.82, 2.24) is 20.1 Å². The first-order valence-electron chi connectivity index (χ1n) is 10.4. The molecule has 1 atom stereocenters. The van der Waals surface area contributed by atoms with E-state index in [1.165, 1.54) is 0 Å². The number of aryl methyl sites for hydroxylation is 2. The summed E-state index contributed by atoms with van der Waals surface area (Å²) in [6.07, 6.45) is 5.66. The number of carbonyl (C=O) groups is 2. The maximum absolute atomic E-state index is 13.4. The number of Topliss-reactive ketones (excluding diaryl/α,β-unsaturated/α-hetero) is 1. The van der Waals surface area contributed by atoms with Gasteiger partial charge in [0.15, 0.2) is 5.78 Å². The summed E-state index contributed by atoms with van der Waals surface area (Å²) >= 11 is 0. The summed E-state index contributed by atoms with van der Waals surface area (Å²) in [5.41, 5.74) is 5.84. The number of dihydropyridines is 1. The van der Waals surface area contributed by atoms with Crippen molar-refractivity contribution in [2.45, 2.75) is 59.4 Å². The molecule has 0 radical (unpaired) electrons. The van der Waals surface area contributed by atoms with Crippen LogP contribution in [0.4, 0.5) is 5.82 Å². The topological polar surface area (TPSA) is 88.9 Å². The minimum Gasteiger partial charge on any atom is -0.362 e. The third-order valence-corrected chi connectivity index (χ3v) is 5.93. The number of nitrogens with one attached hydrogen (secondary N) is 2. The van der Waals surface area contributed by atoms with E-state index < -0.39 is 5.92 Å². The molecular formula is C23H27N5O2. The molecule has 0 bridgehead atoms. The number of allylic oxidation sites excluding steroid dienone is 3. The fraction of sp³-hybridized carbons (Fsp3) is 0.391. The van der Waals surface area contributed by atoms with E-state index in [4.69, 9.17) is 0 Å². The molecule has 3 heterocycles. The SMILES string of the molecule is CCn1ncc([C@H]2C(C(=O)Nc3ccc(C)cn3)=C(C)NC3=C2C(=O)CCC3)c1C. The summed E-state index contributed by atoms with van der Waals surface area (Å²) in [7, 11) is 0. The van der Waals surface area contributed by atoms with Gasteiger partial charge >= 0.3 is 0 Å². The fourth-order valence-electron chi connectivity index (χ4n) is 4.38. The van der Waals surface area contributed by atoms with Gasteiger partial charge in [-0.2, -0.15) is 5.10 Å². The Kier molecular flexibility index (Phi) is 5.28. The Morgan fingerprint density at radius 3 is 2.70 bits per heavy atom. The van der Waals surface area contributed by atoms with Crippen molar-refractivity contribution in [2.75, 3.05) is 5.32 Å². The molecule has 1 aliphatic carbocycles. The van der Waals surface area contributed by atoms with Gasteiger partial charge in [0.05, 0.1) is 6.20 Å². The molecule has 1 amide bonds. The number of hydrogen-bond acceptors (Lipinski definition) is 5. The second-order valence-corrected chi connectivity index (χ2v) is 7.94. The minimum atomic E-state index is -0.431. The summed E-state index contributed by atoms with van der Waals surface area (Å²) < 4.78 is 1.90. The normalized spacial score (nSPS) is 18.9. The molecular weight excluding hydrogens is 378 g/mol. The van der Waals surface area contributed by atoms with Crippen molar-refractivity contribution in [1.29, 1.82) is 0 Å². The summed E-state index contributed by atoms with van der Waals surface area (Å²) in [5.74, 6) is -0.0984. The largest absolute Gasteiger partial charge is 0.362 e. The second kappa shape index (κ2) is 7.89. The molecule has 0 saturated heterocycles. The predicted molar refractivity (Wildman–Crippen MR) is 115 cm³/mol. The van der Waals surface area contributed by atoms with Crippen LogP contribution in [0.5, 0.6) is 0 Å². The van der Waals surface area contributed by atoms with Crippen LogP contribution in [0.3, 0.4) is 0 Å². The van der Waals surface area contributed by atoms with Crippen LogP contribution >= 0.6 is 0 Å². The molecule has 2 N–H and O–H groups in total. The van der Waals surface area contributed by atoms with Gasteiger partial charge in [-0.05, 0) is 52.2 Å². The van der Waals surface area contributed by atoms with Gasteiger partial charge in [0, 0.05) is 58.9 Å². The maximum Gasteiger partial charge on any atom is 0.255 e. The van der Waals surface area contributed by atoms with E-state index >= 15 is 0 Å². The van der Waals surface area contributed by atoms with Crippen LogP contribution in [0.15, 0.2) is 47.1 Å². The molecule has 0 aromatic carbocycles. The Hall–Kier alpha value is -3.22. The molecule has 0 fully saturated rings. The molecule has 4 rings (SSSR count). The van der Waals surface area contributed by atoms with Crippen LogP contribution in [-0.2, 0) is 16.1 Å². The third kappa shape index (κ3) is 3.44. The van der Waals surface area contributed by atoms with Crippen LogP contribution in [-0.4, -0.2) is 26.5 Å². The Morgan fingerprint density at radius 1 is 1.23 bits per heavy atom. The lowest BCUT2D eigenvalue weighted by Crippen LogP contribution is -2.35. The molecule has 30 heavy (non-hydrogen) atoms. The summed E-state index contributed by atoms with van der Waals surface area (Å²) in [5, 5.41) is 10.7. The van der Waals surface area contributed by atoms with Crippen LogP contribution in [0, 0.1) is 13.8 Å². The standard InChI is InChI=1S/C23H27N5O2/c1-5-28-15(4)16(12-25-28)21-20(23(30)27-19-10-9-13(2)11-24-19)14(3)26-17-7-6-8-18(29)22(17)21/h9-12,21,26H,5-8H2,1-4H3,(H,24,27,30)/t21-/m0/s1. The first-order chi connectivity index (χ1) is 14.4. The zero-order valence-electron chi connectivity index (χ0n) is 17.9. The zero-order chi connectivity index (χ0) is 21.4. The number of rotatable bonds is 4. The second-order valence-electron chi connectivity index (χ2n) is 7.94. The monoisotopic (exact) mass is 405 g/mol. The number of aromatic nitrogens is 3. The number of hydrogen-bond donors (Lipinski definition) is 2. The van der Waals surface area contributed by atoms with E-state index in [1.807, 2.05) is 38.4 Å². The van der Waals surface area contributed by atoms with E-state index in [0.29, 0.717) is 23.4 Å². The molecule has 2 aromatic heterocycles. The molecule has 0 spiro atoms. The van der Waals surface area contributed by atoms with Gasteiger partial charge in [-0.1, -0.05) is 6.07 Å². The molecule has 0 unspecified atom stereocenters. The van der Waals surface area contributed by atoms with Gasteiger partial charge in [0.2, 0.25) is 0 Å². The van der Waals surface area contributed by atoms with Gasteiger partial charge in [-0.15, -0.1) is 0 Å². The van der Waals surface area contributed by atoms with Crippen molar-refractivity contribution in [3.8, 4) is 0 Å². The maximum atomic E-state index is 13.4. The number of carbonyl (C=O) groups excluding carboxylic acids is 2. The highest BCUT2D eigenvalue weighted by Gasteiger charge is 2.39. The van der Waals surface area contributed by atoms with Crippen LogP contribution in [0.2, 0.25) is 0 Å². The molecule has 156 valence electrons. The highest BCUT2D eigenvalue weighted by Crippen LogP contribution is 2.43. The highest BCUT2D eigenvalue weighted by molar-refractivity contribution is 6.09. The molecule has 0 saturated carbocycles. The van der Waals surface area contributed by atoms with Crippen molar-refractivity contribution >= 4 is 17.5 Å². The Bertz CT molecular complexity index is 1080. The van der Waals surface area contributed by atoms with Crippen molar-refractivity contribution in [3.05, 3.63) is 63.9 Å². The molecule has 2 aliphatic rings. The first kappa shape index (κ1) is 20.1. The van der Waals surface area contributed by atoms with Gasteiger partial charge in [-0.3, -0.25) is 14.3 Å². The summed E-state index contributed by atoms with van der Waals surface area (Å²) in [6, 6.07) is 3.69. The number of amides is 1. The fourth-order valence-corrected chi connectivity index (χ4v) is 4.38. The highest BCUT2D eigenvalue weighted by atomic mass is 16.2. The van der Waals surface area contributed by atoms with Gasteiger partial charge in [0.1, 0.15) is 5.82 Å². The van der Waals surface area contributed by atoms with Gasteiger partial charge in [0.25, 0.3) is 5.91 Å². The van der Waals surface area contributed by atoms with Crippen molar-refractivity contribution in [3.63, 3.8) is 0 Å². The van der Waals surface area contributed by atoms with Gasteiger partial charge in [-0.25, -0.2) is 4.98 Å². The first-order valence-corrected chi connectivity index (χ1v) is 10.4. The van der Waals surface area contributed by atoms with E-state index in [1.54, 1.807) is 18.5 Å². The number of anilines is 1. The van der Waals surface area contributed by atoms with E-state index in [2.05, 4.69) is 20.7 Å². The minimum absolute atomic E-state index is 0.101. The summed E-state index contributed by atoms with van der Waals surface area (Å²) in [6.45, 7) is 8.60. The Labute approximate surface area is 176 Å². The Balaban J connectivity index is 1.80. The van der Waals surface area contributed by atoms with Crippen molar-refractivity contribution in [2.24, 2.45) is 0 Å². The smallest absolute Gasteiger partial charge is 0.255 e. The van der Waals surface area contributed by atoms with Crippen molar-refractivity contribution < 1.29 is 9.59 Å². The average Bonchev–Trinajstić information content (AvgIpc) is 3.09. The van der Waals surface area contributed by atoms with E-state index in [-0.39, 0.29) is 11.7 Å². The number of nitrogens with zero attached hydrogens (tertiary/aromatic N) is 3. The summed E-state index contributed by atoms with van der Waals surface area (Å²) in [4.78, 5) is 30.7. The number of ketones is 1. The predicted octanol–water partition coefficient (Wildman–Crippen LogP) is 3.52. The lowest BCUT2D eigenvalue weighted by Gasteiger charge is -2.34. The van der Waals surface area contributed by atoms with Crippen LogP contribution in [0.25, 0.3) is 0 Å². The van der Waals surface area contributed by atoms with E-state index in [0.717, 1.165) is 47.6 Å². The van der Waals surface area contributed by atoms with Gasteiger partial charge < -0.3 is 10.6 Å². The Morgan fingerprint density at radius 2 is 2.03 bits per heavy atom. The quantitative estimate of drug-likeness (QED) is 0.812. The molecule has 7 nitrogen and oxygen atoms in total. The van der Waals surface area contributed by atoms with Crippen LogP contribution in [0.1, 0.15) is 55.8 Å².